The van der Waals surface area contributed by atoms with Crippen LogP contribution in [0, 0.1) is 0 Å². The molecule has 3 aliphatic rings. The lowest BCUT2D eigenvalue weighted by Gasteiger charge is -2.44. The zero-order chi connectivity index (χ0) is 20.0. The third-order valence-corrected chi connectivity index (χ3v) is 9.41. The SMILES string of the molecule is O=S(=O)(c1cccs1)N1CCN(c2ccc(O)cc2)[C@H](CN2C[C@H]3C[C@@H]2CO3)C1. The van der Waals surface area contributed by atoms with E-state index in [4.69, 9.17) is 4.74 Å². The number of anilines is 1. The first kappa shape index (κ1) is 19.3. The number of ether oxygens (including phenoxy) is 1. The molecule has 1 aromatic carbocycles. The molecule has 2 aromatic rings. The number of thiophene rings is 1. The smallest absolute Gasteiger partial charge is 0.252 e. The van der Waals surface area contributed by atoms with Gasteiger partial charge in [-0.15, -0.1) is 11.3 Å². The summed E-state index contributed by atoms with van der Waals surface area (Å²) in [5.74, 6) is 0.234. The zero-order valence-electron chi connectivity index (χ0n) is 16.1. The molecule has 2 bridgehead atoms. The maximum absolute atomic E-state index is 13.1. The third kappa shape index (κ3) is 3.66. The van der Waals surface area contributed by atoms with E-state index >= 15 is 0 Å². The highest BCUT2D eigenvalue weighted by Crippen LogP contribution is 2.31. The summed E-state index contributed by atoms with van der Waals surface area (Å²) in [5.41, 5.74) is 1.02. The number of phenolic OH excluding ortho intramolecular Hbond substituents is 1. The van der Waals surface area contributed by atoms with Crippen LogP contribution in [0.4, 0.5) is 5.69 Å². The second kappa shape index (κ2) is 7.55. The van der Waals surface area contributed by atoms with E-state index in [1.54, 1.807) is 34.0 Å². The number of rotatable bonds is 5. The second-order valence-corrected chi connectivity index (χ2v) is 11.1. The molecule has 0 radical (unpaired) electrons. The summed E-state index contributed by atoms with van der Waals surface area (Å²) < 4.78 is 34.0. The fourth-order valence-corrected chi connectivity index (χ4v) is 7.31. The maximum atomic E-state index is 13.1. The van der Waals surface area contributed by atoms with Crippen LogP contribution < -0.4 is 4.90 Å². The summed E-state index contributed by atoms with van der Waals surface area (Å²) >= 11 is 1.27. The van der Waals surface area contributed by atoms with Gasteiger partial charge in [-0.1, -0.05) is 6.07 Å². The maximum Gasteiger partial charge on any atom is 0.252 e. The molecule has 5 rings (SSSR count). The van der Waals surface area contributed by atoms with Gasteiger partial charge in [-0.05, 0) is 42.1 Å². The molecule has 3 fully saturated rings. The van der Waals surface area contributed by atoms with Gasteiger partial charge in [0.2, 0.25) is 0 Å². The minimum Gasteiger partial charge on any atom is -0.508 e. The van der Waals surface area contributed by atoms with E-state index in [-0.39, 0.29) is 11.8 Å². The number of morpholine rings is 1. The van der Waals surface area contributed by atoms with Crippen LogP contribution in [0.1, 0.15) is 6.42 Å². The average Bonchev–Trinajstić information content (AvgIpc) is 3.47. The molecule has 1 aromatic heterocycles. The standard InChI is InChI=1S/C20H25N3O4S2/c24-18-5-3-15(4-6-18)23-8-7-22(29(25,26)20-2-1-9-28-20)12-17(23)11-21-13-19-10-16(21)14-27-19/h1-6,9,16-17,19,24H,7-8,10-14H2/t16-,17-,19-/m1/s1. The topological polar surface area (TPSA) is 73.3 Å². The molecule has 1 N–H and O–H groups in total. The zero-order valence-corrected chi connectivity index (χ0v) is 17.7. The molecular weight excluding hydrogens is 410 g/mol. The fraction of sp³-hybridized carbons (Fsp3) is 0.500. The quantitative estimate of drug-likeness (QED) is 0.772. The molecule has 156 valence electrons. The number of sulfonamides is 1. The molecule has 4 heterocycles. The van der Waals surface area contributed by atoms with Crippen molar-refractivity contribution in [1.82, 2.24) is 9.21 Å². The largest absolute Gasteiger partial charge is 0.508 e. The third-order valence-electron chi connectivity index (χ3n) is 6.18. The number of piperazine rings is 1. The van der Waals surface area contributed by atoms with Crippen molar-refractivity contribution in [3.05, 3.63) is 41.8 Å². The Kier molecular flexibility index (Phi) is 5.03. The van der Waals surface area contributed by atoms with Crippen LogP contribution in [-0.4, -0.2) is 80.2 Å². The van der Waals surface area contributed by atoms with Crippen molar-refractivity contribution in [3.8, 4) is 5.75 Å². The lowest BCUT2D eigenvalue weighted by molar-refractivity contribution is 0.0266. The van der Waals surface area contributed by atoms with Crippen molar-refractivity contribution in [2.45, 2.75) is 28.8 Å². The van der Waals surface area contributed by atoms with Crippen molar-refractivity contribution >= 4 is 27.0 Å². The Hall–Kier alpha value is -1.65. The molecule has 3 saturated heterocycles. The van der Waals surface area contributed by atoms with Gasteiger partial charge in [-0.2, -0.15) is 4.31 Å². The number of phenols is 1. The molecular formula is C20H25N3O4S2. The molecule has 9 heteroatoms. The van der Waals surface area contributed by atoms with Gasteiger partial charge < -0.3 is 14.7 Å². The first-order valence-electron chi connectivity index (χ1n) is 9.96. The molecule has 29 heavy (non-hydrogen) atoms. The van der Waals surface area contributed by atoms with Crippen molar-refractivity contribution < 1.29 is 18.3 Å². The normalized spacial score (nSPS) is 28.3. The molecule has 0 amide bonds. The predicted molar refractivity (Wildman–Crippen MR) is 112 cm³/mol. The second-order valence-electron chi connectivity index (χ2n) is 7.96. The van der Waals surface area contributed by atoms with Crippen LogP contribution in [0.3, 0.4) is 0 Å². The highest BCUT2D eigenvalue weighted by molar-refractivity contribution is 7.91. The molecule has 0 unspecified atom stereocenters. The molecule has 3 aliphatic heterocycles. The van der Waals surface area contributed by atoms with Gasteiger partial charge in [0.15, 0.2) is 0 Å². The highest BCUT2D eigenvalue weighted by atomic mass is 32.2. The molecule has 3 atom stereocenters. The summed E-state index contributed by atoms with van der Waals surface area (Å²) in [6.45, 7) is 4.03. The van der Waals surface area contributed by atoms with E-state index in [9.17, 15) is 13.5 Å². The minimum atomic E-state index is -3.47. The van der Waals surface area contributed by atoms with Gasteiger partial charge in [0.25, 0.3) is 10.0 Å². The highest BCUT2D eigenvalue weighted by Gasteiger charge is 2.42. The number of aromatic hydroxyl groups is 1. The van der Waals surface area contributed by atoms with Gasteiger partial charge in [-0.25, -0.2) is 8.42 Å². The lowest BCUT2D eigenvalue weighted by atomic mass is 10.1. The summed E-state index contributed by atoms with van der Waals surface area (Å²) in [6, 6.07) is 11.1. The van der Waals surface area contributed by atoms with Gasteiger partial charge in [-0.3, -0.25) is 4.90 Å². The van der Waals surface area contributed by atoms with Crippen molar-refractivity contribution in [2.75, 3.05) is 44.2 Å². The Labute approximate surface area is 175 Å². The summed E-state index contributed by atoms with van der Waals surface area (Å²) in [4.78, 5) is 4.74. The number of likely N-dealkylation sites (tertiary alicyclic amines) is 1. The average molecular weight is 436 g/mol. The van der Waals surface area contributed by atoms with Gasteiger partial charge in [0.1, 0.15) is 9.96 Å². The van der Waals surface area contributed by atoms with Crippen molar-refractivity contribution in [1.29, 1.82) is 0 Å². The molecule has 0 aliphatic carbocycles. The van der Waals surface area contributed by atoms with E-state index < -0.39 is 10.0 Å². The Balaban J connectivity index is 1.40. The van der Waals surface area contributed by atoms with Crippen LogP contribution >= 0.6 is 11.3 Å². The first-order valence-corrected chi connectivity index (χ1v) is 12.3. The van der Waals surface area contributed by atoms with Crippen LogP contribution in [0.25, 0.3) is 0 Å². The molecule has 0 saturated carbocycles. The van der Waals surface area contributed by atoms with Crippen LogP contribution in [0.2, 0.25) is 0 Å². The van der Waals surface area contributed by atoms with Gasteiger partial charge in [0, 0.05) is 44.5 Å². The van der Waals surface area contributed by atoms with Crippen LogP contribution in [0.15, 0.2) is 46.0 Å². The summed E-state index contributed by atoms with van der Waals surface area (Å²) in [5, 5.41) is 11.5. The molecule has 0 spiro atoms. The van der Waals surface area contributed by atoms with E-state index in [0.717, 1.165) is 31.8 Å². The van der Waals surface area contributed by atoms with E-state index in [1.165, 1.54) is 11.3 Å². The monoisotopic (exact) mass is 435 g/mol. The first-order chi connectivity index (χ1) is 14.0. The Bertz CT molecular complexity index is 949. The van der Waals surface area contributed by atoms with Gasteiger partial charge in [0.05, 0.1) is 18.8 Å². The van der Waals surface area contributed by atoms with Crippen LogP contribution in [0.5, 0.6) is 5.75 Å². The number of fused-ring (bicyclic) bond motifs is 2. The number of benzene rings is 1. The summed E-state index contributed by atoms with van der Waals surface area (Å²) in [7, 11) is -3.47. The van der Waals surface area contributed by atoms with Gasteiger partial charge >= 0.3 is 0 Å². The van der Waals surface area contributed by atoms with Crippen molar-refractivity contribution in [2.24, 2.45) is 0 Å². The predicted octanol–water partition coefficient (Wildman–Crippen LogP) is 1.81. The van der Waals surface area contributed by atoms with Crippen LogP contribution in [-0.2, 0) is 14.8 Å². The van der Waals surface area contributed by atoms with E-state index in [2.05, 4.69) is 9.80 Å². The lowest BCUT2D eigenvalue weighted by Crippen LogP contribution is -2.59. The minimum absolute atomic E-state index is 0.0439. The number of hydrogen-bond donors (Lipinski definition) is 1. The Morgan fingerprint density at radius 1 is 1.14 bits per heavy atom. The Morgan fingerprint density at radius 3 is 2.62 bits per heavy atom. The number of hydrogen-bond acceptors (Lipinski definition) is 7. The van der Waals surface area contributed by atoms with E-state index in [0.29, 0.717) is 36.0 Å². The number of nitrogens with zero attached hydrogens (tertiary/aromatic N) is 3. The summed E-state index contributed by atoms with van der Waals surface area (Å²) in [6.07, 6.45) is 1.39. The van der Waals surface area contributed by atoms with E-state index in [1.807, 2.05) is 12.1 Å². The fourth-order valence-electron chi connectivity index (χ4n) is 4.70. The molecule has 7 nitrogen and oxygen atoms in total. The van der Waals surface area contributed by atoms with Crippen molar-refractivity contribution in [3.63, 3.8) is 0 Å². The Morgan fingerprint density at radius 2 is 1.97 bits per heavy atom.